The van der Waals surface area contributed by atoms with Crippen LogP contribution in [0.25, 0.3) is 10.9 Å². The van der Waals surface area contributed by atoms with Gasteiger partial charge in [-0.15, -0.1) is 0 Å². The van der Waals surface area contributed by atoms with Crippen molar-refractivity contribution in [3.8, 4) is 0 Å². The molecule has 1 aliphatic carbocycles. The molecule has 1 aliphatic rings. The molecule has 1 fully saturated rings. The molecule has 0 aliphatic heterocycles. The quantitative estimate of drug-likeness (QED) is 0.251. The normalized spacial score (nSPS) is 13.8. The van der Waals surface area contributed by atoms with Crippen LogP contribution in [0.3, 0.4) is 0 Å². The Morgan fingerprint density at radius 3 is 2.42 bits per heavy atom. The summed E-state index contributed by atoms with van der Waals surface area (Å²) in [6.45, 7) is 0.409. The number of benzene rings is 3. The summed E-state index contributed by atoms with van der Waals surface area (Å²) in [5.74, 6) is -1.01. The molecule has 5 rings (SSSR count). The smallest absolute Gasteiger partial charge is 0.361 e. The van der Waals surface area contributed by atoms with Crippen LogP contribution in [0.4, 0.5) is 17.6 Å². The van der Waals surface area contributed by atoms with Crippen molar-refractivity contribution in [1.29, 1.82) is 0 Å². The SMILES string of the molecule is O=C(c1cc(Cl)cc2cc[nH]c12)N(CCc1ccc(F)c(C(F)(F)F)c1)Cc1ccc(C2CC2)cc1. The van der Waals surface area contributed by atoms with E-state index in [2.05, 4.69) is 17.1 Å². The molecule has 3 aromatic carbocycles. The summed E-state index contributed by atoms with van der Waals surface area (Å²) < 4.78 is 53.3. The van der Waals surface area contributed by atoms with E-state index in [-0.39, 0.29) is 25.4 Å². The minimum atomic E-state index is -4.79. The summed E-state index contributed by atoms with van der Waals surface area (Å²) in [6, 6.07) is 16.2. The molecule has 1 aromatic heterocycles. The van der Waals surface area contributed by atoms with E-state index in [9.17, 15) is 22.4 Å². The van der Waals surface area contributed by atoms with Crippen LogP contribution in [0.5, 0.6) is 0 Å². The van der Waals surface area contributed by atoms with Gasteiger partial charge < -0.3 is 9.88 Å². The molecular weight excluding hydrogens is 492 g/mol. The Balaban J connectivity index is 1.43. The minimum absolute atomic E-state index is 0.129. The van der Waals surface area contributed by atoms with Crippen LogP contribution in [0, 0.1) is 5.82 Å². The number of halogens is 5. The lowest BCUT2D eigenvalue weighted by Crippen LogP contribution is -2.32. The lowest BCUT2D eigenvalue weighted by molar-refractivity contribution is -0.140. The van der Waals surface area contributed by atoms with Gasteiger partial charge in [-0.2, -0.15) is 13.2 Å². The van der Waals surface area contributed by atoms with Crippen molar-refractivity contribution in [1.82, 2.24) is 9.88 Å². The molecule has 0 saturated heterocycles. The Bertz CT molecular complexity index is 1410. The van der Waals surface area contributed by atoms with Crippen molar-refractivity contribution in [3.63, 3.8) is 0 Å². The van der Waals surface area contributed by atoms with Gasteiger partial charge in [-0.3, -0.25) is 4.79 Å². The van der Waals surface area contributed by atoms with Crippen LogP contribution < -0.4 is 0 Å². The molecule has 8 heteroatoms. The molecule has 0 spiro atoms. The number of rotatable bonds is 7. The fourth-order valence-electron chi connectivity index (χ4n) is 4.47. The van der Waals surface area contributed by atoms with E-state index in [0.29, 0.717) is 27.6 Å². The fourth-order valence-corrected chi connectivity index (χ4v) is 4.69. The van der Waals surface area contributed by atoms with E-state index in [1.54, 1.807) is 23.2 Å². The number of nitrogens with zero attached hydrogens (tertiary/aromatic N) is 1. The molecule has 3 nitrogen and oxygen atoms in total. The summed E-state index contributed by atoms with van der Waals surface area (Å²) in [5.41, 5.74) is 2.18. The average molecular weight is 515 g/mol. The van der Waals surface area contributed by atoms with E-state index >= 15 is 0 Å². The standard InChI is InChI=1S/C28H23ClF4N2O/c29-22-14-21-9-11-34-26(21)23(15-22)27(36)35(16-18-1-4-19(5-2-18)20-6-7-20)12-10-17-3-8-25(30)24(13-17)28(31,32)33/h1-5,8-9,11,13-15,20,34H,6-7,10,12,16H2. The number of carbonyl (C=O) groups is 1. The van der Waals surface area contributed by atoms with E-state index < -0.39 is 17.6 Å². The van der Waals surface area contributed by atoms with Gasteiger partial charge in [0.05, 0.1) is 16.6 Å². The molecule has 1 heterocycles. The van der Waals surface area contributed by atoms with Crippen LogP contribution in [0.1, 0.15) is 51.4 Å². The van der Waals surface area contributed by atoms with Crippen LogP contribution in [0.15, 0.2) is 66.9 Å². The van der Waals surface area contributed by atoms with Crippen LogP contribution in [-0.4, -0.2) is 22.3 Å². The predicted molar refractivity (Wildman–Crippen MR) is 132 cm³/mol. The number of fused-ring (bicyclic) bond motifs is 1. The maximum Gasteiger partial charge on any atom is 0.419 e. The van der Waals surface area contributed by atoms with Gasteiger partial charge in [0.15, 0.2) is 0 Å². The molecule has 0 radical (unpaired) electrons. The molecular formula is C28H23ClF4N2O. The Labute approximate surface area is 210 Å². The highest BCUT2D eigenvalue weighted by atomic mass is 35.5. The van der Waals surface area contributed by atoms with Gasteiger partial charge in [-0.05, 0) is 72.2 Å². The topological polar surface area (TPSA) is 36.1 Å². The third-order valence-corrected chi connectivity index (χ3v) is 6.77. The summed E-state index contributed by atoms with van der Waals surface area (Å²) in [7, 11) is 0. The molecule has 0 atom stereocenters. The first-order chi connectivity index (χ1) is 17.2. The van der Waals surface area contributed by atoms with E-state index in [4.69, 9.17) is 11.6 Å². The van der Waals surface area contributed by atoms with Crippen molar-refractivity contribution < 1.29 is 22.4 Å². The maximum atomic E-state index is 13.8. The molecule has 1 N–H and O–H groups in total. The van der Waals surface area contributed by atoms with Crippen LogP contribution in [0.2, 0.25) is 5.02 Å². The molecule has 0 unspecified atom stereocenters. The number of alkyl halides is 3. The Hall–Kier alpha value is -3.32. The van der Waals surface area contributed by atoms with Gasteiger partial charge in [0.2, 0.25) is 0 Å². The van der Waals surface area contributed by atoms with Gasteiger partial charge in [-0.1, -0.05) is 41.9 Å². The van der Waals surface area contributed by atoms with Crippen molar-refractivity contribution in [2.45, 2.75) is 37.9 Å². The largest absolute Gasteiger partial charge is 0.419 e. The van der Waals surface area contributed by atoms with Crippen molar-refractivity contribution >= 4 is 28.4 Å². The number of aromatic amines is 1. The molecule has 0 bridgehead atoms. The zero-order valence-electron chi connectivity index (χ0n) is 19.2. The number of hydrogen-bond donors (Lipinski definition) is 1. The number of H-pyrrole nitrogens is 1. The summed E-state index contributed by atoms with van der Waals surface area (Å²) in [5, 5.41) is 1.19. The zero-order valence-corrected chi connectivity index (χ0v) is 20.0. The van der Waals surface area contributed by atoms with Crippen LogP contribution in [-0.2, 0) is 19.1 Å². The third kappa shape index (κ3) is 5.26. The second-order valence-electron chi connectivity index (χ2n) is 9.20. The van der Waals surface area contributed by atoms with Gasteiger partial charge in [0, 0.05) is 29.7 Å². The Morgan fingerprint density at radius 1 is 1.00 bits per heavy atom. The highest BCUT2D eigenvalue weighted by molar-refractivity contribution is 6.32. The number of nitrogens with one attached hydrogen (secondary N) is 1. The van der Waals surface area contributed by atoms with Crippen LogP contribution >= 0.6 is 11.6 Å². The highest BCUT2D eigenvalue weighted by Crippen LogP contribution is 2.40. The van der Waals surface area contributed by atoms with Crippen molar-refractivity contribution in [3.05, 3.63) is 106 Å². The van der Waals surface area contributed by atoms with Crippen molar-refractivity contribution in [2.24, 2.45) is 0 Å². The molecule has 1 saturated carbocycles. The van der Waals surface area contributed by atoms with E-state index in [0.717, 1.165) is 23.1 Å². The average Bonchev–Trinajstić information content (AvgIpc) is 3.59. The maximum absolute atomic E-state index is 13.8. The summed E-state index contributed by atoms with van der Waals surface area (Å²) in [4.78, 5) is 18.4. The minimum Gasteiger partial charge on any atom is -0.361 e. The number of amides is 1. The van der Waals surface area contributed by atoms with Gasteiger partial charge in [0.25, 0.3) is 5.91 Å². The summed E-state index contributed by atoms with van der Waals surface area (Å²) in [6.07, 6.45) is -0.580. The lowest BCUT2D eigenvalue weighted by atomic mass is 10.0. The van der Waals surface area contributed by atoms with Gasteiger partial charge in [0.1, 0.15) is 5.82 Å². The Morgan fingerprint density at radius 2 is 1.72 bits per heavy atom. The van der Waals surface area contributed by atoms with E-state index in [1.165, 1.54) is 24.5 Å². The first-order valence-electron chi connectivity index (χ1n) is 11.7. The molecule has 1 amide bonds. The first kappa shape index (κ1) is 24.4. The molecule has 36 heavy (non-hydrogen) atoms. The lowest BCUT2D eigenvalue weighted by Gasteiger charge is -2.24. The predicted octanol–water partition coefficient (Wildman–Crippen LogP) is 7.74. The number of aromatic nitrogens is 1. The molecule has 186 valence electrons. The number of hydrogen-bond acceptors (Lipinski definition) is 1. The fraction of sp³-hybridized carbons (Fsp3) is 0.250. The van der Waals surface area contributed by atoms with Gasteiger partial charge >= 0.3 is 6.18 Å². The molecule has 4 aromatic rings. The highest BCUT2D eigenvalue weighted by Gasteiger charge is 2.34. The van der Waals surface area contributed by atoms with Crippen molar-refractivity contribution in [2.75, 3.05) is 6.54 Å². The second kappa shape index (κ2) is 9.62. The zero-order chi connectivity index (χ0) is 25.4. The number of carbonyl (C=O) groups excluding carboxylic acids is 1. The Kier molecular flexibility index (Phi) is 6.51. The second-order valence-corrected chi connectivity index (χ2v) is 9.64. The third-order valence-electron chi connectivity index (χ3n) is 6.55. The monoisotopic (exact) mass is 514 g/mol. The van der Waals surface area contributed by atoms with E-state index in [1.807, 2.05) is 18.2 Å². The van der Waals surface area contributed by atoms with Gasteiger partial charge in [-0.25, -0.2) is 4.39 Å². The summed E-state index contributed by atoms with van der Waals surface area (Å²) >= 11 is 6.26. The first-order valence-corrected chi connectivity index (χ1v) is 12.1.